The molecule has 102 heavy (non-hydrogen) atoms. The first-order valence-corrected chi connectivity index (χ1v) is 36.9. The number of para-hydroxylation sites is 14. The van der Waals surface area contributed by atoms with E-state index in [1.165, 1.54) is 137 Å². The number of benzene rings is 14. The smallest absolute Gasteiger partial charge is 0.252 e. The molecule has 14 aromatic rings. The third kappa shape index (κ3) is 7.46. The highest BCUT2D eigenvalue weighted by atomic mass is 32.2. The molecule has 0 spiro atoms. The largest absolute Gasteiger partial charge is 0.453 e. The molecule has 0 saturated heterocycles. The van der Waals surface area contributed by atoms with Crippen molar-refractivity contribution in [2.45, 2.75) is 58.1 Å². The summed E-state index contributed by atoms with van der Waals surface area (Å²) in [6.07, 6.45) is 0. The predicted octanol–water partition coefficient (Wildman–Crippen LogP) is 20.9. The van der Waals surface area contributed by atoms with Gasteiger partial charge in [-0.3, -0.25) is 0 Å². The summed E-state index contributed by atoms with van der Waals surface area (Å²) in [5.41, 5.74) is 34.2. The summed E-state index contributed by atoms with van der Waals surface area (Å²) in [7, 11) is 0. The van der Waals surface area contributed by atoms with Gasteiger partial charge in [-0.1, -0.05) is 221 Å². The first-order valence-electron chi connectivity index (χ1n) is 35.3. The molecule has 0 atom stereocenters. The van der Waals surface area contributed by atoms with Crippen molar-refractivity contribution in [2.75, 3.05) is 29.4 Å². The van der Waals surface area contributed by atoms with Crippen molar-refractivity contribution in [1.82, 2.24) is 0 Å². The van der Waals surface area contributed by atoms with Crippen LogP contribution in [0.4, 0.5) is 102 Å². The number of nitrogens with zero attached hydrogens (tertiary/aromatic N) is 6. The molecule has 0 aliphatic carbocycles. The van der Waals surface area contributed by atoms with Crippen molar-refractivity contribution in [2.24, 2.45) is 0 Å². The van der Waals surface area contributed by atoms with Crippen LogP contribution in [0.3, 0.4) is 0 Å². The fourth-order valence-corrected chi connectivity index (χ4v) is 21.1. The lowest BCUT2D eigenvalue weighted by molar-refractivity contribution is 0.477. The Balaban J connectivity index is 0.000000126. The van der Waals surface area contributed by atoms with Crippen molar-refractivity contribution in [3.8, 4) is 23.0 Å². The third-order valence-corrected chi connectivity index (χ3v) is 25.4. The second-order valence-corrected chi connectivity index (χ2v) is 31.2. The van der Waals surface area contributed by atoms with Gasteiger partial charge in [-0.25, -0.2) is 0 Å². The van der Waals surface area contributed by atoms with Crippen LogP contribution in [0, 0.1) is 0 Å². The molecular formula is C90H60B2N6O2S2. The van der Waals surface area contributed by atoms with E-state index in [4.69, 9.17) is 9.47 Å². The van der Waals surface area contributed by atoms with Gasteiger partial charge in [0.2, 0.25) is 0 Å². The van der Waals surface area contributed by atoms with Crippen molar-refractivity contribution >= 4 is 172 Å². The molecule has 480 valence electrons. The maximum atomic E-state index is 6.67. The van der Waals surface area contributed by atoms with Crippen LogP contribution >= 0.6 is 23.5 Å². The van der Waals surface area contributed by atoms with Crippen LogP contribution in [0.2, 0.25) is 0 Å². The van der Waals surface area contributed by atoms with E-state index < -0.39 is 0 Å². The van der Waals surface area contributed by atoms with Gasteiger partial charge < -0.3 is 38.9 Å². The number of hydrogen-bond donors (Lipinski definition) is 0. The zero-order valence-electron chi connectivity index (χ0n) is 56.2. The van der Waals surface area contributed by atoms with Gasteiger partial charge >= 0.3 is 0 Å². The molecular weight excluding hydrogens is 1280 g/mol. The zero-order valence-corrected chi connectivity index (χ0v) is 57.8. The maximum Gasteiger partial charge on any atom is 0.252 e. The second kappa shape index (κ2) is 20.5. The molecule has 8 nitrogen and oxygen atoms in total. The number of ether oxygens (including phenoxy) is 2. The van der Waals surface area contributed by atoms with Crippen molar-refractivity contribution in [3.63, 3.8) is 0 Å². The molecule has 0 amide bonds. The molecule has 10 heterocycles. The van der Waals surface area contributed by atoms with Crippen LogP contribution in [0.15, 0.2) is 311 Å². The van der Waals surface area contributed by atoms with E-state index in [2.05, 4.69) is 348 Å². The summed E-state index contributed by atoms with van der Waals surface area (Å²) >= 11 is 3.79. The van der Waals surface area contributed by atoms with Crippen LogP contribution in [0.1, 0.15) is 49.9 Å². The number of hydrogen-bond acceptors (Lipinski definition) is 10. The van der Waals surface area contributed by atoms with Crippen LogP contribution in [-0.2, 0) is 10.8 Å². The Labute approximate surface area is 601 Å². The number of fused-ring (bicyclic) bond motifs is 20. The molecule has 24 rings (SSSR count). The molecule has 14 aromatic carbocycles. The number of anilines is 18. The molecule has 0 N–H and O–H groups in total. The fraction of sp³-hybridized carbons (Fsp3) is 0.0667. The van der Waals surface area contributed by atoms with E-state index in [1.54, 1.807) is 0 Å². The Morgan fingerprint density at radius 2 is 0.520 bits per heavy atom. The Morgan fingerprint density at radius 1 is 0.245 bits per heavy atom. The molecule has 0 bridgehead atoms. The third-order valence-electron chi connectivity index (χ3n) is 23.1. The summed E-state index contributed by atoms with van der Waals surface area (Å²) in [5, 5.41) is 0. The average molecular weight is 1340 g/mol. The van der Waals surface area contributed by atoms with E-state index >= 15 is 0 Å². The summed E-state index contributed by atoms with van der Waals surface area (Å²) < 4.78 is 13.3. The van der Waals surface area contributed by atoms with Gasteiger partial charge in [-0.15, -0.1) is 0 Å². The first-order chi connectivity index (χ1) is 50.2. The standard InChI is InChI=1S/C45H30BN3O2.C45H30BN3S2/c2*1-45(2)28-13-3-5-17-32(28)47(33-18-6-4-14-29(33)45)27-25-36-42-37(26-27)49-35-20-8-10-22-39(35)51-41-24-12-16-31(44(41)49)46(42)30-15-11-23-40-43(30)48(36)34-19-7-9-21-38(34)50-40/h2*3-26H,1-2H3. The van der Waals surface area contributed by atoms with Crippen LogP contribution in [0.5, 0.6) is 23.0 Å². The van der Waals surface area contributed by atoms with E-state index in [-0.39, 0.29) is 24.3 Å². The molecule has 0 aromatic heterocycles. The highest BCUT2D eigenvalue weighted by molar-refractivity contribution is 8.00. The molecule has 0 radical (unpaired) electrons. The van der Waals surface area contributed by atoms with Crippen LogP contribution in [-0.4, -0.2) is 13.4 Å². The molecule has 10 aliphatic heterocycles. The minimum Gasteiger partial charge on any atom is -0.453 e. The van der Waals surface area contributed by atoms with E-state index in [9.17, 15) is 0 Å². The minimum atomic E-state index is -0.161. The summed E-state index contributed by atoms with van der Waals surface area (Å²) in [4.78, 5) is 20.3. The van der Waals surface area contributed by atoms with Gasteiger partial charge in [-0.2, -0.15) is 0 Å². The quantitative estimate of drug-likeness (QED) is 0.156. The fourth-order valence-electron chi connectivity index (χ4n) is 18.9. The summed E-state index contributed by atoms with van der Waals surface area (Å²) in [6.45, 7) is 9.50. The summed E-state index contributed by atoms with van der Waals surface area (Å²) in [5.74, 6) is 3.44. The highest BCUT2D eigenvalue weighted by Crippen LogP contribution is 2.63. The number of rotatable bonds is 2. The topological polar surface area (TPSA) is 37.9 Å². The molecule has 10 aliphatic rings. The lowest BCUT2D eigenvalue weighted by Gasteiger charge is -2.48. The van der Waals surface area contributed by atoms with Gasteiger partial charge in [0, 0.05) is 53.2 Å². The van der Waals surface area contributed by atoms with E-state index in [0.29, 0.717) is 0 Å². The minimum absolute atomic E-state index is 0.0240. The molecule has 0 fully saturated rings. The van der Waals surface area contributed by atoms with Crippen LogP contribution < -0.4 is 71.7 Å². The van der Waals surface area contributed by atoms with Crippen molar-refractivity contribution in [3.05, 3.63) is 313 Å². The Hall–Kier alpha value is -11.7. The van der Waals surface area contributed by atoms with Gasteiger partial charge in [0.15, 0.2) is 23.0 Å². The average Bonchev–Trinajstić information content (AvgIpc) is 0.684. The summed E-state index contributed by atoms with van der Waals surface area (Å²) in [6, 6.07) is 107. The van der Waals surface area contributed by atoms with Crippen molar-refractivity contribution in [1.29, 1.82) is 0 Å². The Kier molecular flexibility index (Phi) is 11.5. The Morgan fingerprint density at radius 3 is 0.892 bits per heavy atom. The van der Waals surface area contributed by atoms with Gasteiger partial charge in [0.25, 0.3) is 13.4 Å². The monoisotopic (exact) mass is 1340 g/mol. The van der Waals surface area contributed by atoms with E-state index in [1.807, 2.05) is 23.5 Å². The predicted molar refractivity (Wildman–Crippen MR) is 423 cm³/mol. The van der Waals surface area contributed by atoms with Crippen molar-refractivity contribution < 1.29 is 9.47 Å². The molecule has 12 heteroatoms. The van der Waals surface area contributed by atoms with Gasteiger partial charge in [-0.05, 0) is 176 Å². The second-order valence-electron chi connectivity index (χ2n) is 29.0. The first kappa shape index (κ1) is 57.1. The van der Waals surface area contributed by atoms with Gasteiger partial charge in [0.05, 0.1) is 79.6 Å². The van der Waals surface area contributed by atoms with E-state index in [0.717, 1.165) is 62.8 Å². The Bertz CT molecular complexity index is 5390. The SMILES string of the molecule is CC1(C)c2ccccc2N(c2cc3c4c(c2)N2c5ccccc5Oc5cccc(c52)B4c2cccc4c2N3c2ccccc2O4)c2ccccc21.CC1(C)c2ccccc2N(c2cc3c4c(c2)N2c5ccccc5Sc5cccc(c52)B4c2cccc4c2N3c2ccccc2S4)c2ccccc21. The molecule has 0 unspecified atom stereocenters. The normalized spacial score (nSPS) is 15.7. The highest BCUT2D eigenvalue weighted by Gasteiger charge is 2.52. The maximum absolute atomic E-state index is 6.67. The lowest BCUT2D eigenvalue weighted by atomic mass is 9.33. The zero-order chi connectivity index (χ0) is 67.2. The molecule has 0 saturated carbocycles. The van der Waals surface area contributed by atoms with Crippen LogP contribution in [0.25, 0.3) is 0 Å². The lowest BCUT2D eigenvalue weighted by Crippen LogP contribution is -2.62. The van der Waals surface area contributed by atoms with Gasteiger partial charge in [0.1, 0.15) is 0 Å².